The van der Waals surface area contributed by atoms with E-state index in [1.165, 1.54) is 11.1 Å². The number of amides is 1. The molecule has 2 heteroatoms. The molecule has 0 saturated carbocycles. The molecule has 0 aliphatic heterocycles. The van der Waals surface area contributed by atoms with E-state index in [2.05, 4.69) is 32.1 Å². The van der Waals surface area contributed by atoms with Crippen molar-refractivity contribution in [1.82, 2.24) is 4.90 Å². The maximum absolute atomic E-state index is 11.8. The predicted octanol–water partition coefficient (Wildman–Crippen LogP) is 3.74. The van der Waals surface area contributed by atoms with E-state index in [1.807, 2.05) is 30.0 Å². The van der Waals surface area contributed by atoms with Gasteiger partial charge in [0.25, 0.3) is 0 Å². The highest BCUT2D eigenvalue weighted by molar-refractivity contribution is 5.76. The summed E-state index contributed by atoms with van der Waals surface area (Å²) in [5, 5.41) is 0. The molecule has 0 radical (unpaired) electrons. The number of benzene rings is 1. The van der Waals surface area contributed by atoms with Crippen molar-refractivity contribution in [3.05, 3.63) is 41.5 Å². The van der Waals surface area contributed by atoms with Crippen molar-refractivity contribution in [2.45, 2.75) is 33.6 Å². The smallest absolute Gasteiger partial charge is 0.222 e. The quantitative estimate of drug-likeness (QED) is 0.747. The van der Waals surface area contributed by atoms with Crippen LogP contribution >= 0.6 is 0 Å². The van der Waals surface area contributed by atoms with Crippen molar-refractivity contribution >= 4 is 12.0 Å². The van der Waals surface area contributed by atoms with E-state index < -0.39 is 0 Å². The highest BCUT2D eigenvalue weighted by atomic mass is 16.2. The lowest BCUT2D eigenvalue weighted by atomic mass is 10.1. The fourth-order valence-electron chi connectivity index (χ4n) is 1.97. The first-order chi connectivity index (χ1) is 8.67. The predicted molar refractivity (Wildman–Crippen MR) is 77.3 cm³/mol. The third kappa shape index (κ3) is 4.74. The van der Waals surface area contributed by atoms with Crippen molar-refractivity contribution in [3.63, 3.8) is 0 Å². The van der Waals surface area contributed by atoms with Gasteiger partial charge in [-0.15, -0.1) is 0 Å². The van der Waals surface area contributed by atoms with Gasteiger partial charge in [-0.25, -0.2) is 0 Å². The van der Waals surface area contributed by atoms with Gasteiger partial charge in [0.05, 0.1) is 0 Å². The van der Waals surface area contributed by atoms with Gasteiger partial charge < -0.3 is 4.90 Å². The summed E-state index contributed by atoms with van der Waals surface area (Å²) in [7, 11) is 0. The second-order valence-electron chi connectivity index (χ2n) is 4.57. The van der Waals surface area contributed by atoms with Gasteiger partial charge in [0.2, 0.25) is 5.91 Å². The SMILES string of the molecule is CCCN(C/C(C)=C/c1ccccc1)C(=O)CC. The van der Waals surface area contributed by atoms with Crippen molar-refractivity contribution < 1.29 is 4.79 Å². The van der Waals surface area contributed by atoms with E-state index in [1.54, 1.807) is 0 Å². The first-order valence-electron chi connectivity index (χ1n) is 6.67. The lowest BCUT2D eigenvalue weighted by Gasteiger charge is -2.22. The van der Waals surface area contributed by atoms with Gasteiger partial charge in [-0.1, -0.05) is 55.8 Å². The first-order valence-corrected chi connectivity index (χ1v) is 6.67. The molecular formula is C16H23NO. The fourth-order valence-corrected chi connectivity index (χ4v) is 1.97. The molecule has 0 atom stereocenters. The van der Waals surface area contributed by atoms with E-state index >= 15 is 0 Å². The molecule has 0 bridgehead atoms. The van der Waals surface area contributed by atoms with Gasteiger partial charge >= 0.3 is 0 Å². The number of carbonyl (C=O) groups excluding carboxylic acids is 1. The van der Waals surface area contributed by atoms with E-state index in [0.29, 0.717) is 6.42 Å². The third-order valence-electron chi connectivity index (χ3n) is 2.80. The lowest BCUT2D eigenvalue weighted by Crippen LogP contribution is -2.32. The van der Waals surface area contributed by atoms with Gasteiger partial charge in [0.1, 0.15) is 0 Å². The number of nitrogens with zero attached hydrogens (tertiary/aromatic N) is 1. The Bertz CT molecular complexity index is 395. The van der Waals surface area contributed by atoms with Crippen LogP contribution in [-0.4, -0.2) is 23.9 Å². The monoisotopic (exact) mass is 245 g/mol. The normalized spacial score (nSPS) is 11.4. The van der Waals surface area contributed by atoms with Crippen LogP contribution in [-0.2, 0) is 4.79 Å². The molecule has 0 aliphatic carbocycles. The molecule has 0 spiro atoms. The van der Waals surface area contributed by atoms with Crippen LogP contribution in [0, 0.1) is 0 Å². The van der Waals surface area contributed by atoms with E-state index in [-0.39, 0.29) is 5.91 Å². The maximum atomic E-state index is 11.8. The van der Waals surface area contributed by atoms with E-state index in [9.17, 15) is 4.79 Å². The van der Waals surface area contributed by atoms with Crippen LogP contribution < -0.4 is 0 Å². The molecule has 18 heavy (non-hydrogen) atoms. The molecule has 2 nitrogen and oxygen atoms in total. The molecule has 0 heterocycles. The summed E-state index contributed by atoms with van der Waals surface area (Å²) >= 11 is 0. The number of hydrogen-bond donors (Lipinski definition) is 0. The average Bonchev–Trinajstić information content (AvgIpc) is 2.38. The van der Waals surface area contributed by atoms with Crippen molar-refractivity contribution in [2.75, 3.05) is 13.1 Å². The van der Waals surface area contributed by atoms with Crippen LogP contribution in [0.25, 0.3) is 6.08 Å². The molecule has 1 amide bonds. The molecule has 98 valence electrons. The number of hydrogen-bond acceptors (Lipinski definition) is 1. The summed E-state index contributed by atoms with van der Waals surface area (Å²) in [4.78, 5) is 13.7. The van der Waals surface area contributed by atoms with Gasteiger partial charge in [-0.2, -0.15) is 0 Å². The summed E-state index contributed by atoms with van der Waals surface area (Å²) in [6.07, 6.45) is 3.73. The van der Waals surface area contributed by atoms with Crippen molar-refractivity contribution in [3.8, 4) is 0 Å². The fraction of sp³-hybridized carbons (Fsp3) is 0.438. The summed E-state index contributed by atoms with van der Waals surface area (Å²) in [5.41, 5.74) is 2.41. The Hall–Kier alpha value is -1.57. The second-order valence-corrected chi connectivity index (χ2v) is 4.57. The Kier molecular flexibility index (Phi) is 6.20. The molecule has 0 fully saturated rings. The Morgan fingerprint density at radius 3 is 2.44 bits per heavy atom. The molecule has 0 saturated heterocycles. The van der Waals surface area contributed by atoms with E-state index in [0.717, 1.165) is 19.5 Å². The topological polar surface area (TPSA) is 20.3 Å². The number of rotatable bonds is 6. The Morgan fingerprint density at radius 2 is 1.89 bits per heavy atom. The van der Waals surface area contributed by atoms with Crippen LogP contribution in [0.2, 0.25) is 0 Å². The van der Waals surface area contributed by atoms with Gasteiger partial charge in [0.15, 0.2) is 0 Å². The lowest BCUT2D eigenvalue weighted by molar-refractivity contribution is -0.130. The molecule has 1 aromatic rings. The van der Waals surface area contributed by atoms with Crippen LogP contribution in [0.5, 0.6) is 0 Å². The summed E-state index contributed by atoms with van der Waals surface area (Å²) in [6, 6.07) is 10.2. The highest BCUT2D eigenvalue weighted by Crippen LogP contribution is 2.09. The molecule has 0 unspecified atom stereocenters. The highest BCUT2D eigenvalue weighted by Gasteiger charge is 2.10. The molecular weight excluding hydrogens is 222 g/mol. The molecule has 1 aromatic carbocycles. The van der Waals surface area contributed by atoms with Crippen molar-refractivity contribution in [1.29, 1.82) is 0 Å². The minimum atomic E-state index is 0.234. The Labute approximate surface area is 110 Å². The van der Waals surface area contributed by atoms with Gasteiger partial charge in [0, 0.05) is 19.5 Å². The Balaban J connectivity index is 2.69. The van der Waals surface area contributed by atoms with Crippen LogP contribution in [0.15, 0.2) is 35.9 Å². The molecule has 0 aromatic heterocycles. The summed E-state index contributed by atoms with van der Waals surface area (Å²) in [6.45, 7) is 7.67. The minimum absolute atomic E-state index is 0.234. The zero-order chi connectivity index (χ0) is 13.4. The summed E-state index contributed by atoms with van der Waals surface area (Å²) < 4.78 is 0. The van der Waals surface area contributed by atoms with Crippen LogP contribution in [0.4, 0.5) is 0 Å². The Morgan fingerprint density at radius 1 is 1.22 bits per heavy atom. The van der Waals surface area contributed by atoms with Gasteiger partial charge in [-0.3, -0.25) is 4.79 Å². The standard InChI is InChI=1S/C16H23NO/c1-4-11-17(16(18)5-2)13-14(3)12-15-9-7-6-8-10-15/h6-10,12H,4-5,11,13H2,1-3H3/b14-12+. The largest absolute Gasteiger partial charge is 0.339 e. The second kappa shape index (κ2) is 7.70. The van der Waals surface area contributed by atoms with Crippen LogP contribution in [0.1, 0.15) is 39.2 Å². The first kappa shape index (κ1) is 14.5. The maximum Gasteiger partial charge on any atom is 0.222 e. The summed E-state index contributed by atoms with van der Waals surface area (Å²) in [5.74, 6) is 0.234. The zero-order valence-corrected chi connectivity index (χ0v) is 11.6. The molecule has 0 aliphatic rings. The van der Waals surface area contributed by atoms with Crippen molar-refractivity contribution in [2.24, 2.45) is 0 Å². The molecule has 1 rings (SSSR count). The van der Waals surface area contributed by atoms with Gasteiger partial charge in [-0.05, 0) is 18.9 Å². The third-order valence-corrected chi connectivity index (χ3v) is 2.80. The van der Waals surface area contributed by atoms with E-state index in [4.69, 9.17) is 0 Å². The molecule has 0 N–H and O–H groups in total. The number of carbonyl (C=O) groups is 1. The minimum Gasteiger partial charge on any atom is -0.339 e. The zero-order valence-electron chi connectivity index (χ0n) is 11.6. The van der Waals surface area contributed by atoms with Crippen LogP contribution in [0.3, 0.4) is 0 Å². The average molecular weight is 245 g/mol.